The molecule has 1 aromatic heterocycles. The number of nitrogens with zero attached hydrogens (tertiary/aromatic N) is 1. The van der Waals surface area contributed by atoms with Crippen LogP contribution in [0.25, 0.3) is 0 Å². The summed E-state index contributed by atoms with van der Waals surface area (Å²) in [5.41, 5.74) is 0.834. The average molecular weight is 352 g/mol. The molecule has 0 aliphatic rings. The number of amides is 1. The maximum atomic E-state index is 12.2. The molecule has 1 heterocycles. The van der Waals surface area contributed by atoms with Crippen LogP contribution in [0.1, 0.15) is 28.1 Å². The van der Waals surface area contributed by atoms with Gasteiger partial charge in [-0.25, -0.2) is 0 Å². The number of methoxy groups -OCH3 is 1. The Hall–Kier alpha value is -1.85. The van der Waals surface area contributed by atoms with Crippen LogP contribution in [-0.4, -0.2) is 30.7 Å². The van der Waals surface area contributed by atoms with Crippen LogP contribution in [-0.2, 0) is 11.3 Å². The van der Waals surface area contributed by atoms with Crippen LogP contribution < -0.4 is 4.74 Å². The SMILES string of the molecule is COc1ccc(Cl)cc1CN(C)C(=O)CCC(=O)c1cccs1. The summed E-state index contributed by atoms with van der Waals surface area (Å²) in [6.07, 6.45) is 0.409. The predicted octanol–water partition coefficient (Wildman–Crippen LogP) is 4.03. The lowest BCUT2D eigenvalue weighted by Crippen LogP contribution is -2.26. The van der Waals surface area contributed by atoms with Gasteiger partial charge in [-0.1, -0.05) is 17.7 Å². The van der Waals surface area contributed by atoms with Crippen LogP contribution in [0, 0.1) is 0 Å². The summed E-state index contributed by atoms with van der Waals surface area (Å²) in [5, 5.41) is 2.45. The van der Waals surface area contributed by atoms with Gasteiger partial charge in [0, 0.05) is 37.0 Å². The normalized spacial score (nSPS) is 10.4. The van der Waals surface area contributed by atoms with Crippen molar-refractivity contribution in [2.24, 2.45) is 0 Å². The number of rotatable bonds is 7. The minimum Gasteiger partial charge on any atom is -0.496 e. The first-order chi connectivity index (χ1) is 11.0. The Labute approximate surface area is 144 Å². The van der Waals surface area contributed by atoms with Gasteiger partial charge >= 0.3 is 0 Å². The summed E-state index contributed by atoms with van der Waals surface area (Å²) in [5.74, 6) is 0.600. The maximum Gasteiger partial charge on any atom is 0.223 e. The monoisotopic (exact) mass is 351 g/mol. The quantitative estimate of drug-likeness (QED) is 0.707. The third kappa shape index (κ3) is 4.81. The fourth-order valence-corrected chi connectivity index (χ4v) is 3.08. The molecule has 1 aromatic carbocycles. The van der Waals surface area contributed by atoms with Crippen molar-refractivity contribution in [2.45, 2.75) is 19.4 Å². The van der Waals surface area contributed by atoms with Gasteiger partial charge in [0.25, 0.3) is 0 Å². The van der Waals surface area contributed by atoms with E-state index in [1.165, 1.54) is 11.3 Å². The zero-order valence-corrected chi connectivity index (χ0v) is 14.6. The lowest BCUT2D eigenvalue weighted by Gasteiger charge is -2.19. The second-order valence-corrected chi connectivity index (χ2v) is 6.49. The Kier molecular flexibility index (Phi) is 6.19. The van der Waals surface area contributed by atoms with Crippen molar-refractivity contribution in [3.05, 3.63) is 51.2 Å². The molecule has 0 atom stereocenters. The molecule has 0 aliphatic carbocycles. The van der Waals surface area contributed by atoms with E-state index in [9.17, 15) is 9.59 Å². The molecular weight excluding hydrogens is 334 g/mol. The highest BCUT2D eigenvalue weighted by Gasteiger charge is 2.15. The van der Waals surface area contributed by atoms with E-state index in [4.69, 9.17) is 16.3 Å². The largest absolute Gasteiger partial charge is 0.496 e. The lowest BCUT2D eigenvalue weighted by atomic mass is 10.1. The van der Waals surface area contributed by atoms with Crippen molar-refractivity contribution in [1.29, 1.82) is 0 Å². The number of hydrogen-bond donors (Lipinski definition) is 0. The molecular formula is C17H18ClNO3S. The van der Waals surface area contributed by atoms with Gasteiger partial charge < -0.3 is 9.64 Å². The van der Waals surface area contributed by atoms with Gasteiger partial charge in [0.1, 0.15) is 5.75 Å². The van der Waals surface area contributed by atoms with E-state index in [-0.39, 0.29) is 24.5 Å². The number of carbonyl (C=O) groups is 2. The molecule has 0 bridgehead atoms. The molecule has 0 radical (unpaired) electrons. The maximum absolute atomic E-state index is 12.2. The Morgan fingerprint density at radius 1 is 1.26 bits per heavy atom. The third-order valence-electron chi connectivity index (χ3n) is 3.44. The number of thiophene rings is 1. The molecule has 0 aliphatic heterocycles. The zero-order valence-electron chi connectivity index (χ0n) is 13.0. The summed E-state index contributed by atoms with van der Waals surface area (Å²) < 4.78 is 5.28. The molecule has 1 amide bonds. The van der Waals surface area contributed by atoms with E-state index in [2.05, 4.69) is 0 Å². The average Bonchev–Trinajstić information content (AvgIpc) is 3.07. The zero-order chi connectivity index (χ0) is 16.8. The van der Waals surface area contributed by atoms with Crippen LogP contribution in [0.3, 0.4) is 0 Å². The number of Topliss-reactive ketones (excluding diaryl/α,β-unsaturated/α-hetero) is 1. The molecule has 4 nitrogen and oxygen atoms in total. The van der Waals surface area contributed by atoms with Crippen molar-refractivity contribution in [3.63, 3.8) is 0 Å². The second kappa shape index (κ2) is 8.13. The highest BCUT2D eigenvalue weighted by atomic mass is 35.5. The Balaban J connectivity index is 1.92. The van der Waals surface area contributed by atoms with Crippen molar-refractivity contribution in [2.75, 3.05) is 14.2 Å². The van der Waals surface area contributed by atoms with Crippen molar-refractivity contribution in [1.82, 2.24) is 4.90 Å². The highest BCUT2D eigenvalue weighted by Crippen LogP contribution is 2.24. The predicted molar refractivity (Wildman–Crippen MR) is 92.4 cm³/mol. The van der Waals surface area contributed by atoms with Gasteiger partial charge in [-0.05, 0) is 29.6 Å². The fourth-order valence-electron chi connectivity index (χ4n) is 2.19. The number of halogens is 1. The first-order valence-electron chi connectivity index (χ1n) is 7.14. The summed E-state index contributed by atoms with van der Waals surface area (Å²) in [7, 11) is 3.28. The van der Waals surface area contributed by atoms with Gasteiger partial charge in [-0.2, -0.15) is 0 Å². The van der Waals surface area contributed by atoms with Gasteiger partial charge in [-0.3, -0.25) is 9.59 Å². The standard InChI is InChI=1S/C17H18ClNO3S/c1-19(11-12-10-13(18)5-7-15(12)22-2)17(21)8-6-14(20)16-4-3-9-23-16/h3-5,7,9-10H,6,8,11H2,1-2H3. The van der Waals surface area contributed by atoms with Crippen molar-refractivity contribution in [3.8, 4) is 5.75 Å². The molecule has 0 fully saturated rings. The Bertz CT molecular complexity index is 685. The van der Waals surface area contributed by atoms with Crippen LogP contribution >= 0.6 is 22.9 Å². The lowest BCUT2D eigenvalue weighted by molar-refractivity contribution is -0.130. The number of hydrogen-bond acceptors (Lipinski definition) is 4. The van der Waals surface area contributed by atoms with Crippen LogP contribution in [0.2, 0.25) is 5.02 Å². The van der Waals surface area contributed by atoms with E-state index < -0.39 is 0 Å². The van der Waals surface area contributed by atoms with Gasteiger partial charge in [0.15, 0.2) is 5.78 Å². The molecule has 2 aromatic rings. The second-order valence-electron chi connectivity index (χ2n) is 5.11. The van der Waals surface area contributed by atoms with E-state index >= 15 is 0 Å². The van der Waals surface area contributed by atoms with E-state index in [0.717, 1.165) is 5.56 Å². The van der Waals surface area contributed by atoms with Crippen LogP contribution in [0.5, 0.6) is 5.75 Å². The highest BCUT2D eigenvalue weighted by molar-refractivity contribution is 7.12. The van der Waals surface area contributed by atoms with Crippen LogP contribution in [0.15, 0.2) is 35.7 Å². The summed E-state index contributed by atoms with van der Waals surface area (Å²) in [6, 6.07) is 8.90. The molecule has 0 N–H and O–H groups in total. The fraction of sp³-hybridized carbons (Fsp3) is 0.294. The summed E-state index contributed by atoms with van der Waals surface area (Å²) >= 11 is 7.39. The number of benzene rings is 1. The smallest absolute Gasteiger partial charge is 0.223 e. The number of carbonyl (C=O) groups excluding carboxylic acids is 2. The first kappa shape index (κ1) is 17.5. The summed E-state index contributed by atoms with van der Waals surface area (Å²) in [6.45, 7) is 0.385. The molecule has 6 heteroatoms. The molecule has 0 unspecified atom stereocenters. The van der Waals surface area contributed by atoms with Crippen molar-refractivity contribution >= 4 is 34.6 Å². The Morgan fingerprint density at radius 2 is 2.04 bits per heavy atom. The molecule has 2 rings (SSSR count). The Morgan fingerprint density at radius 3 is 2.70 bits per heavy atom. The molecule has 0 spiro atoms. The van der Waals surface area contributed by atoms with E-state index in [0.29, 0.717) is 22.2 Å². The van der Waals surface area contributed by atoms with Crippen LogP contribution in [0.4, 0.5) is 0 Å². The topological polar surface area (TPSA) is 46.6 Å². The molecule has 23 heavy (non-hydrogen) atoms. The van der Waals surface area contributed by atoms with Crippen molar-refractivity contribution < 1.29 is 14.3 Å². The minimum atomic E-state index is -0.0862. The van der Waals surface area contributed by atoms with Gasteiger partial charge in [0.2, 0.25) is 5.91 Å². The summed E-state index contributed by atoms with van der Waals surface area (Å²) in [4.78, 5) is 26.4. The van der Waals surface area contributed by atoms with Gasteiger partial charge in [-0.15, -0.1) is 11.3 Å². The van der Waals surface area contributed by atoms with Gasteiger partial charge in [0.05, 0.1) is 12.0 Å². The van der Waals surface area contributed by atoms with E-state index in [1.807, 2.05) is 11.4 Å². The first-order valence-corrected chi connectivity index (χ1v) is 8.40. The number of ether oxygens (including phenoxy) is 1. The minimum absolute atomic E-state index is 0.00193. The number of ketones is 1. The molecule has 122 valence electrons. The molecule has 0 saturated heterocycles. The van der Waals surface area contributed by atoms with E-state index in [1.54, 1.807) is 43.3 Å². The molecule has 0 saturated carbocycles. The third-order valence-corrected chi connectivity index (χ3v) is 4.58.